The Balaban J connectivity index is 0.000000640. The second-order valence-electron chi connectivity index (χ2n) is 1.54. The van der Waals surface area contributed by atoms with E-state index in [1.165, 1.54) is 13.0 Å². The minimum absolute atomic E-state index is 0. The Bertz CT molecular complexity index is 183. The van der Waals surface area contributed by atoms with Crippen molar-refractivity contribution < 1.29 is 14.3 Å². The van der Waals surface area contributed by atoms with Crippen molar-refractivity contribution in [1.29, 1.82) is 0 Å². The van der Waals surface area contributed by atoms with Gasteiger partial charge < -0.3 is 4.74 Å². The molecular formula is C5H5LiO3. The van der Waals surface area contributed by atoms with Gasteiger partial charge in [-0.3, -0.25) is 0 Å². The van der Waals surface area contributed by atoms with E-state index in [0.717, 1.165) is 0 Å². The molecule has 0 aromatic rings. The molecule has 0 spiro atoms. The van der Waals surface area contributed by atoms with Crippen molar-refractivity contribution in [2.75, 3.05) is 0 Å². The normalized spacial score (nSPS) is 16.3. The SMILES string of the molecule is CC1=CC(=O)OC1=O.[LiH]. The molecule has 0 fully saturated rings. The van der Waals surface area contributed by atoms with Crippen molar-refractivity contribution in [1.82, 2.24) is 0 Å². The number of hydrogen-bond donors (Lipinski definition) is 0. The summed E-state index contributed by atoms with van der Waals surface area (Å²) in [7, 11) is 0. The average molecular weight is 120 g/mol. The van der Waals surface area contributed by atoms with Crippen LogP contribution in [-0.4, -0.2) is 30.8 Å². The standard InChI is InChI=1S/C5H4O3.Li.H/c1-3-2-4(6)8-5(3)7;;/h2H,1H3;;. The first kappa shape index (κ1) is 8.48. The fraction of sp³-hybridized carbons (Fsp3) is 0.200. The molecular weight excluding hydrogens is 115 g/mol. The third-order valence-electron chi connectivity index (χ3n) is 0.850. The van der Waals surface area contributed by atoms with Crippen LogP contribution in [0.2, 0.25) is 0 Å². The average Bonchev–Trinajstić information content (AvgIpc) is 1.85. The van der Waals surface area contributed by atoms with Crippen LogP contribution in [0.4, 0.5) is 0 Å². The Morgan fingerprint density at radius 1 is 1.44 bits per heavy atom. The number of rotatable bonds is 0. The summed E-state index contributed by atoms with van der Waals surface area (Å²) in [6.45, 7) is 1.53. The molecule has 3 nitrogen and oxygen atoms in total. The molecule has 9 heavy (non-hydrogen) atoms. The molecule has 0 saturated heterocycles. The van der Waals surface area contributed by atoms with E-state index in [4.69, 9.17) is 0 Å². The molecule has 1 aliphatic rings. The van der Waals surface area contributed by atoms with Crippen LogP contribution >= 0.6 is 0 Å². The van der Waals surface area contributed by atoms with Crippen LogP contribution < -0.4 is 0 Å². The molecule has 0 atom stereocenters. The summed E-state index contributed by atoms with van der Waals surface area (Å²) >= 11 is 0. The second-order valence-corrected chi connectivity index (χ2v) is 1.54. The summed E-state index contributed by atoms with van der Waals surface area (Å²) in [5, 5.41) is 0. The third-order valence-corrected chi connectivity index (χ3v) is 0.850. The summed E-state index contributed by atoms with van der Waals surface area (Å²) in [5.41, 5.74) is 0.370. The predicted octanol–water partition coefficient (Wildman–Crippen LogP) is -0.632. The maximum atomic E-state index is 10.3. The number of cyclic esters (lactones) is 2. The molecule has 1 heterocycles. The zero-order valence-corrected chi connectivity index (χ0v) is 4.30. The molecule has 0 radical (unpaired) electrons. The molecule has 0 aromatic carbocycles. The van der Waals surface area contributed by atoms with Crippen molar-refractivity contribution in [3.05, 3.63) is 11.6 Å². The minimum atomic E-state index is -0.562. The number of esters is 2. The van der Waals surface area contributed by atoms with Crippen LogP contribution in [0.25, 0.3) is 0 Å². The van der Waals surface area contributed by atoms with Gasteiger partial charge in [0.25, 0.3) is 0 Å². The topological polar surface area (TPSA) is 43.4 Å². The molecule has 0 bridgehead atoms. The first-order valence-electron chi connectivity index (χ1n) is 2.14. The van der Waals surface area contributed by atoms with Gasteiger partial charge in [0, 0.05) is 11.6 Å². The number of hydrogen-bond acceptors (Lipinski definition) is 3. The van der Waals surface area contributed by atoms with E-state index in [-0.39, 0.29) is 18.9 Å². The first-order valence-corrected chi connectivity index (χ1v) is 2.14. The van der Waals surface area contributed by atoms with Crippen LogP contribution in [0, 0.1) is 0 Å². The van der Waals surface area contributed by atoms with Crippen molar-refractivity contribution in [3.63, 3.8) is 0 Å². The van der Waals surface area contributed by atoms with Crippen LogP contribution in [0.15, 0.2) is 11.6 Å². The summed E-state index contributed by atoms with van der Waals surface area (Å²) in [6, 6.07) is 0. The van der Waals surface area contributed by atoms with Crippen molar-refractivity contribution in [3.8, 4) is 0 Å². The van der Waals surface area contributed by atoms with Gasteiger partial charge >= 0.3 is 30.8 Å². The van der Waals surface area contributed by atoms with Crippen LogP contribution in [0.5, 0.6) is 0 Å². The van der Waals surface area contributed by atoms with E-state index in [1.54, 1.807) is 0 Å². The van der Waals surface area contributed by atoms with E-state index in [1.807, 2.05) is 0 Å². The molecule has 0 unspecified atom stereocenters. The number of carbonyl (C=O) groups excluding carboxylic acids is 2. The Labute approximate surface area is 64.2 Å². The van der Waals surface area contributed by atoms with Gasteiger partial charge in [0.2, 0.25) is 0 Å². The van der Waals surface area contributed by atoms with Gasteiger partial charge in [-0.25, -0.2) is 9.59 Å². The monoisotopic (exact) mass is 120 g/mol. The number of carbonyl (C=O) groups is 2. The van der Waals surface area contributed by atoms with Crippen molar-refractivity contribution in [2.45, 2.75) is 6.92 Å². The molecule has 44 valence electrons. The van der Waals surface area contributed by atoms with Gasteiger partial charge in [-0.1, -0.05) is 0 Å². The molecule has 0 aliphatic carbocycles. The molecule has 1 aliphatic heterocycles. The van der Waals surface area contributed by atoms with Gasteiger partial charge in [-0.05, 0) is 6.92 Å². The quantitative estimate of drug-likeness (QED) is 0.243. The Kier molecular flexibility index (Phi) is 2.69. The fourth-order valence-corrected chi connectivity index (χ4v) is 0.437. The summed E-state index contributed by atoms with van der Waals surface area (Å²) in [5.74, 6) is -1.09. The molecule has 0 N–H and O–H groups in total. The molecule has 1 rings (SSSR count). The summed E-state index contributed by atoms with van der Waals surface area (Å²) in [6.07, 6.45) is 1.17. The van der Waals surface area contributed by atoms with E-state index in [9.17, 15) is 9.59 Å². The van der Waals surface area contributed by atoms with Crippen LogP contribution in [0.3, 0.4) is 0 Å². The van der Waals surface area contributed by atoms with E-state index < -0.39 is 11.9 Å². The maximum absolute atomic E-state index is 10.3. The first-order chi connectivity index (χ1) is 3.70. The third kappa shape index (κ3) is 1.70. The molecule has 0 aromatic heterocycles. The molecule has 0 saturated carbocycles. The summed E-state index contributed by atoms with van der Waals surface area (Å²) < 4.78 is 4.10. The van der Waals surface area contributed by atoms with Crippen molar-refractivity contribution in [2.24, 2.45) is 0 Å². The van der Waals surface area contributed by atoms with Gasteiger partial charge in [0.15, 0.2) is 0 Å². The zero-order chi connectivity index (χ0) is 6.15. The van der Waals surface area contributed by atoms with E-state index in [0.29, 0.717) is 5.57 Å². The Morgan fingerprint density at radius 3 is 2.11 bits per heavy atom. The number of ether oxygens (including phenoxy) is 1. The van der Waals surface area contributed by atoms with Crippen LogP contribution in [0.1, 0.15) is 6.92 Å². The summed E-state index contributed by atoms with van der Waals surface area (Å²) in [4.78, 5) is 20.4. The predicted molar refractivity (Wildman–Crippen MR) is 32.0 cm³/mol. The Hall–Kier alpha value is -0.523. The van der Waals surface area contributed by atoms with Gasteiger partial charge in [-0.2, -0.15) is 0 Å². The van der Waals surface area contributed by atoms with Crippen molar-refractivity contribution >= 4 is 30.8 Å². The Morgan fingerprint density at radius 2 is 2.00 bits per heavy atom. The van der Waals surface area contributed by atoms with Gasteiger partial charge in [0.1, 0.15) is 0 Å². The van der Waals surface area contributed by atoms with Crippen LogP contribution in [-0.2, 0) is 14.3 Å². The van der Waals surface area contributed by atoms with E-state index >= 15 is 0 Å². The van der Waals surface area contributed by atoms with E-state index in [2.05, 4.69) is 4.74 Å². The molecule has 0 amide bonds. The fourth-order valence-electron chi connectivity index (χ4n) is 0.437. The van der Waals surface area contributed by atoms with Gasteiger partial charge in [-0.15, -0.1) is 0 Å². The van der Waals surface area contributed by atoms with Gasteiger partial charge in [0.05, 0.1) is 0 Å². The second kappa shape index (κ2) is 2.86. The zero-order valence-electron chi connectivity index (χ0n) is 4.30. The molecule has 4 heteroatoms.